The third-order valence-corrected chi connectivity index (χ3v) is 4.77. The van der Waals surface area contributed by atoms with E-state index >= 15 is 0 Å². The lowest BCUT2D eigenvalue weighted by molar-refractivity contribution is -0.126. The Morgan fingerprint density at radius 3 is 2.58 bits per heavy atom. The number of benzene rings is 1. The second-order valence-corrected chi connectivity index (χ2v) is 6.99. The molecule has 7 nitrogen and oxygen atoms in total. The first-order valence-electron chi connectivity index (χ1n) is 8.65. The molecule has 0 spiro atoms. The van der Waals surface area contributed by atoms with Crippen molar-refractivity contribution in [3.05, 3.63) is 35.0 Å². The topological polar surface area (TPSA) is 71.1 Å². The van der Waals surface area contributed by atoms with Crippen LogP contribution in [0.1, 0.15) is 25.5 Å². The van der Waals surface area contributed by atoms with E-state index in [0.29, 0.717) is 41.6 Å². The van der Waals surface area contributed by atoms with Gasteiger partial charge < -0.3 is 19.7 Å². The summed E-state index contributed by atoms with van der Waals surface area (Å²) in [5.74, 6) is 1.54. The quantitative estimate of drug-likeness (QED) is 0.874. The lowest BCUT2D eigenvalue weighted by Gasteiger charge is -2.31. The van der Waals surface area contributed by atoms with Crippen LogP contribution in [0.3, 0.4) is 0 Å². The minimum absolute atomic E-state index is 0.0459. The second-order valence-electron chi connectivity index (χ2n) is 6.99. The Morgan fingerprint density at radius 2 is 1.96 bits per heavy atom. The standard InChI is InChI=1S/C19H25N3O4/c1-11(2)9-22-10-14-16(18(22)23)17(20-19(24)21(14)3)13-8-12(25-4)6-7-15(13)26-5/h6-8,11,17H,9-10H2,1-5H3,(H,20,24)/t17-/m1/s1. The fourth-order valence-corrected chi connectivity index (χ4v) is 3.51. The van der Waals surface area contributed by atoms with Gasteiger partial charge in [0.1, 0.15) is 11.5 Å². The van der Waals surface area contributed by atoms with Gasteiger partial charge in [0.15, 0.2) is 0 Å². The Kier molecular flexibility index (Phi) is 4.80. The SMILES string of the molecule is COc1ccc(OC)c([C@H]2NC(=O)N(C)C3=C2C(=O)N(CC(C)C)C3)c1. The van der Waals surface area contributed by atoms with Gasteiger partial charge in [-0.25, -0.2) is 4.79 Å². The second kappa shape index (κ2) is 6.90. The van der Waals surface area contributed by atoms with E-state index in [2.05, 4.69) is 19.2 Å². The molecule has 0 aromatic heterocycles. The summed E-state index contributed by atoms with van der Waals surface area (Å²) in [4.78, 5) is 28.9. The molecule has 3 rings (SSSR count). The lowest BCUT2D eigenvalue weighted by Crippen LogP contribution is -2.45. The Balaban J connectivity index is 2.08. The largest absolute Gasteiger partial charge is 0.497 e. The number of urea groups is 1. The average Bonchev–Trinajstić information content (AvgIpc) is 2.94. The molecule has 0 fully saturated rings. The van der Waals surface area contributed by atoms with Gasteiger partial charge in [-0.15, -0.1) is 0 Å². The first-order valence-corrected chi connectivity index (χ1v) is 8.65. The summed E-state index contributed by atoms with van der Waals surface area (Å²) in [5.41, 5.74) is 2.05. The van der Waals surface area contributed by atoms with Gasteiger partial charge >= 0.3 is 6.03 Å². The maximum absolute atomic E-state index is 13.1. The van der Waals surface area contributed by atoms with E-state index in [0.717, 1.165) is 5.70 Å². The van der Waals surface area contributed by atoms with Crippen LogP contribution in [0, 0.1) is 5.92 Å². The highest BCUT2D eigenvalue weighted by atomic mass is 16.5. The highest BCUT2D eigenvalue weighted by molar-refractivity contribution is 6.01. The molecule has 3 amide bonds. The zero-order valence-electron chi connectivity index (χ0n) is 15.8. The molecule has 0 aliphatic carbocycles. The van der Waals surface area contributed by atoms with Gasteiger partial charge in [0.05, 0.1) is 38.1 Å². The van der Waals surface area contributed by atoms with Gasteiger partial charge in [0.2, 0.25) is 0 Å². The van der Waals surface area contributed by atoms with Crippen molar-refractivity contribution in [1.82, 2.24) is 15.1 Å². The molecule has 26 heavy (non-hydrogen) atoms. The third kappa shape index (κ3) is 2.98. The number of hydrogen-bond donors (Lipinski definition) is 1. The number of nitrogens with one attached hydrogen (secondary N) is 1. The molecule has 0 radical (unpaired) electrons. The van der Waals surface area contributed by atoms with Crippen molar-refractivity contribution in [2.75, 3.05) is 34.4 Å². The van der Waals surface area contributed by atoms with Gasteiger partial charge in [0.25, 0.3) is 5.91 Å². The maximum Gasteiger partial charge on any atom is 0.322 e. The molecule has 0 unspecified atom stereocenters. The van der Waals surface area contributed by atoms with E-state index < -0.39 is 6.04 Å². The van der Waals surface area contributed by atoms with E-state index in [1.54, 1.807) is 44.4 Å². The lowest BCUT2D eigenvalue weighted by atomic mass is 9.94. The molecule has 7 heteroatoms. The van der Waals surface area contributed by atoms with Crippen LogP contribution >= 0.6 is 0 Å². The minimum atomic E-state index is -0.566. The van der Waals surface area contributed by atoms with Crippen LogP contribution in [0.25, 0.3) is 0 Å². The number of amides is 3. The molecule has 1 aromatic rings. The predicted molar refractivity (Wildman–Crippen MR) is 97.0 cm³/mol. The molecule has 1 aromatic carbocycles. The highest BCUT2D eigenvalue weighted by Gasteiger charge is 2.43. The van der Waals surface area contributed by atoms with Crippen molar-refractivity contribution < 1.29 is 19.1 Å². The normalized spacial score (nSPS) is 19.8. The first-order chi connectivity index (χ1) is 12.4. The number of carbonyl (C=O) groups is 2. The molecule has 0 bridgehead atoms. The average molecular weight is 359 g/mol. The van der Waals surface area contributed by atoms with Crippen LogP contribution in [0.5, 0.6) is 11.5 Å². The Labute approximate surface area is 153 Å². The van der Waals surface area contributed by atoms with E-state index in [9.17, 15) is 9.59 Å². The Hall–Kier alpha value is -2.70. The highest BCUT2D eigenvalue weighted by Crippen LogP contribution is 2.40. The number of ether oxygens (including phenoxy) is 2. The molecular weight excluding hydrogens is 334 g/mol. The Bertz CT molecular complexity index is 772. The van der Waals surface area contributed by atoms with E-state index in [1.807, 2.05) is 0 Å². The summed E-state index contributed by atoms with van der Waals surface area (Å²) in [6.07, 6.45) is 0. The van der Waals surface area contributed by atoms with E-state index in [-0.39, 0.29) is 11.9 Å². The molecule has 2 heterocycles. The molecule has 0 saturated heterocycles. The van der Waals surface area contributed by atoms with Crippen LogP contribution in [0.15, 0.2) is 29.5 Å². The number of carbonyl (C=O) groups excluding carboxylic acids is 2. The van der Waals surface area contributed by atoms with Crippen LogP contribution in [0.2, 0.25) is 0 Å². The summed E-state index contributed by atoms with van der Waals surface area (Å²) >= 11 is 0. The van der Waals surface area contributed by atoms with Gasteiger partial charge in [0, 0.05) is 19.2 Å². The predicted octanol–water partition coefficient (Wildman–Crippen LogP) is 2.15. The number of hydrogen-bond acceptors (Lipinski definition) is 4. The van der Waals surface area contributed by atoms with Crippen LogP contribution < -0.4 is 14.8 Å². The summed E-state index contributed by atoms with van der Waals surface area (Å²) in [7, 11) is 4.84. The molecule has 1 N–H and O–H groups in total. The van der Waals surface area contributed by atoms with Crippen molar-refractivity contribution in [1.29, 1.82) is 0 Å². The Morgan fingerprint density at radius 1 is 1.23 bits per heavy atom. The van der Waals surface area contributed by atoms with Crippen LogP contribution in [-0.4, -0.2) is 56.1 Å². The van der Waals surface area contributed by atoms with Crippen molar-refractivity contribution >= 4 is 11.9 Å². The maximum atomic E-state index is 13.1. The molecule has 2 aliphatic rings. The number of rotatable bonds is 5. The number of methoxy groups -OCH3 is 2. The summed E-state index contributed by atoms with van der Waals surface area (Å²) < 4.78 is 10.8. The smallest absolute Gasteiger partial charge is 0.322 e. The van der Waals surface area contributed by atoms with Gasteiger partial charge in [-0.2, -0.15) is 0 Å². The van der Waals surface area contributed by atoms with Crippen molar-refractivity contribution in [2.45, 2.75) is 19.9 Å². The zero-order valence-corrected chi connectivity index (χ0v) is 15.8. The van der Waals surface area contributed by atoms with E-state index in [4.69, 9.17) is 9.47 Å². The fourth-order valence-electron chi connectivity index (χ4n) is 3.51. The molecular formula is C19H25N3O4. The minimum Gasteiger partial charge on any atom is -0.497 e. The van der Waals surface area contributed by atoms with Gasteiger partial charge in [-0.1, -0.05) is 13.8 Å². The first kappa shape index (κ1) is 18.1. The van der Waals surface area contributed by atoms with Crippen LogP contribution in [-0.2, 0) is 4.79 Å². The monoisotopic (exact) mass is 359 g/mol. The zero-order chi connectivity index (χ0) is 19.0. The molecule has 1 atom stereocenters. The number of likely N-dealkylation sites (N-methyl/N-ethyl adjacent to an activating group) is 1. The van der Waals surface area contributed by atoms with Crippen molar-refractivity contribution in [2.24, 2.45) is 5.92 Å². The van der Waals surface area contributed by atoms with Crippen molar-refractivity contribution in [3.8, 4) is 11.5 Å². The van der Waals surface area contributed by atoms with Crippen molar-refractivity contribution in [3.63, 3.8) is 0 Å². The van der Waals surface area contributed by atoms with Gasteiger partial charge in [-0.05, 0) is 24.1 Å². The summed E-state index contributed by atoms with van der Waals surface area (Å²) in [6.45, 7) is 5.23. The fraction of sp³-hybridized carbons (Fsp3) is 0.474. The molecule has 0 saturated carbocycles. The molecule has 140 valence electrons. The summed E-state index contributed by atoms with van der Waals surface area (Å²) in [6, 6.07) is 4.57. The van der Waals surface area contributed by atoms with Crippen LogP contribution in [0.4, 0.5) is 4.79 Å². The van der Waals surface area contributed by atoms with E-state index in [1.165, 1.54) is 4.90 Å². The number of nitrogens with zero attached hydrogens (tertiary/aromatic N) is 2. The summed E-state index contributed by atoms with van der Waals surface area (Å²) in [5, 5.41) is 2.93. The third-order valence-electron chi connectivity index (χ3n) is 4.77. The van der Waals surface area contributed by atoms with Gasteiger partial charge in [-0.3, -0.25) is 9.69 Å². The molecule has 2 aliphatic heterocycles.